The molecule has 146 valence electrons. The number of ether oxygens (including phenoxy) is 1. The molecule has 8 nitrogen and oxygen atoms in total. The van der Waals surface area contributed by atoms with Gasteiger partial charge in [0.1, 0.15) is 23.8 Å². The van der Waals surface area contributed by atoms with Crippen molar-refractivity contribution in [2.45, 2.75) is 13.5 Å². The van der Waals surface area contributed by atoms with Crippen LogP contribution in [0.2, 0.25) is 0 Å². The van der Waals surface area contributed by atoms with E-state index in [1.165, 1.54) is 0 Å². The molecule has 4 rings (SSSR count). The minimum atomic E-state index is -0.199. The molecule has 0 fully saturated rings. The summed E-state index contributed by atoms with van der Waals surface area (Å²) in [7, 11) is 1.62. The Morgan fingerprint density at radius 3 is 2.62 bits per heavy atom. The van der Waals surface area contributed by atoms with Crippen molar-refractivity contribution in [2.75, 3.05) is 12.4 Å². The Hall–Kier alpha value is -3.94. The molecular formula is C21H20N6O2. The number of carbonyl (C=O) groups excluding carboxylic acids is 1. The van der Waals surface area contributed by atoms with Gasteiger partial charge < -0.3 is 10.1 Å². The molecule has 3 heterocycles. The third-order valence-corrected chi connectivity index (χ3v) is 4.29. The molecule has 0 aliphatic rings. The molecule has 0 aliphatic heterocycles. The van der Waals surface area contributed by atoms with Gasteiger partial charge >= 0.3 is 0 Å². The number of benzene rings is 1. The first-order valence-corrected chi connectivity index (χ1v) is 9.08. The van der Waals surface area contributed by atoms with E-state index in [2.05, 4.69) is 20.5 Å². The molecule has 0 atom stereocenters. The maximum Gasteiger partial charge on any atom is 0.247 e. The standard InChI is InChI=1S/C21H20N6O2/c1-15-13-20(27(24-15)16-6-8-17(29-2)9-7-16)23-21(28)14-26-12-10-19(25-26)18-5-3-4-11-22-18/h3-13H,14H2,1-2H3,(H,23,28). The zero-order valence-electron chi connectivity index (χ0n) is 16.1. The van der Waals surface area contributed by atoms with Gasteiger partial charge in [-0.2, -0.15) is 10.2 Å². The number of amides is 1. The Labute approximate surface area is 167 Å². The average Bonchev–Trinajstić information content (AvgIpc) is 3.35. The summed E-state index contributed by atoms with van der Waals surface area (Å²) in [6, 6.07) is 16.7. The van der Waals surface area contributed by atoms with E-state index in [4.69, 9.17) is 4.74 Å². The summed E-state index contributed by atoms with van der Waals surface area (Å²) in [4.78, 5) is 16.8. The number of carbonyl (C=O) groups is 1. The lowest BCUT2D eigenvalue weighted by atomic mass is 10.3. The SMILES string of the molecule is COc1ccc(-n2nc(C)cc2NC(=O)Cn2ccc(-c3ccccn3)n2)cc1. The van der Waals surface area contributed by atoms with Crippen LogP contribution in [0.15, 0.2) is 67.0 Å². The van der Waals surface area contributed by atoms with Gasteiger partial charge in [0, 0.05) is 18.5 Å². The molecule has 1 aromatic carbocycles. The number of aryl methyl sites for hydroxylation is 1. The lowest BCUT2D eigenvalue weighted by Crippen LogP contribution is -2.20. The molecule has 0 aliphatic carbocycles. The first-order valence-electron chi connectivity index (χ1n) is 9.08. The van der Waals surface area contributed by atoms with Crippen LogP contribution < -0.4 is 10.1 Å². The van der Waals surface area contributed by atoms with E-state index in [1.807, 2.05) is 61.5 Å². The van der Waals surface area contributed by atoms with E-state index in [0.29, 0.717) is 5.82 Å². The van der Waals surface area contributed by atoms with Crippen LogP contribution in [0.5, 0.6) is 5.75 Å². The molecule has 0 saturated carbocycles. The van der Waals surface area contributed by atoms with E-state index in [1.54, 1.807) is 28.9 Å². The van der Waals surface area contributed by atoms with E-state index >= 15 is 0 Å². The van der Waals surface area contributed by atoms with Crippen molar-refractivity contribution in [2.24, 2.45) is 0 Å². The number of nitrogens with zero attached hydrogens (tertiary/aromatic N) is 5. The van der Waals surface area contributed by atoms with Crippen molar-refractivity contribution < 1.29 is 9.53 Å². The Balaban J connectivity index is 1.48. The van der Waals surface area contributed by atoms with Gasteiger partial charge in [0.15, 0.2) is 0 Å². The summed E-state index contributed by atoms with van der Waals surface area (Å²) in [5.41, 5.74) is 3.11. The van der Waals surface area contributed by atoms with Crippen LogP contribution >= 0.6 is 0 Å². The quantitative estimate of drug-likeness (QED) is 0.548. The van der Waals surface area contributed by atoms with Crippen molar-refractivity contribution in [3.05, 3.63) is 72.7 Å². The number of pyridine rings is 1. The van der Waals surface area contributed by atoms with Crippen LogP contribution in [0, 0.1) is 6.92 Å². The Kier molecular flexibility index (Phi) is 5.07. The molecule has 0 bridgehead atoms. The molecular weight excluding hydrogens is 368 g/mol. The van der Waals surface area contributed by atoms with Gasteiger partial charge in [-0.05, 0) is 49.4 Å². The van der Waals surface area contributed by atoms with Crippen molar-refractivity contribution >= 4 is 11.7 Å². The lowest BCUT2D eigenvalue weighted by Gasteiger charge is -2.09. The highest BCUT2D eigenvalue weighted by molar-refractivity contribution is 5.90. The van der Waals surface area contributed by atoms with Crippen LogP contribution in [-0.2, 0) is 11.3 Å². The van der Waals surface area contributed by atoms with Crippen LogP contribution in [0.25, 0.3) is 17.1 Å². The Morgan fingerprint density at radius 2 is 1.90 bits per heavy atom. The Morgan fingerprint density at radius 1 is 1.07 bits per heavy atom. The number of aromatic nitrogens is 5. The van der Waals surface area contributed by atoms with Crippen molar-refractivity contribution in [1.82, 2.24) is 24.5 Å². The molecule has 0 saturated heterocycles. The highest BCUT2D eigenvalue weighted by Crippen LogP contribution is 2.20. The third kappa shape index (κ3) is 4.16. The number of nitrogens with one attached hydrogen (secondary N) is 1. The van der Waals surface area contributed by atoms with Gasteiger partial charge in [0.2, 0.25) is 5.91 Å². The normalized spacial score (nSPS) is 10.7. The molecule has 0 spiro atoms. The molecule has 0 unspecified atom stereocenters. The number of hydrogen-bond acceptors (Lipinski definition) is 5. The van der Waals surface area contributed by atoms with Crippen molar-refractivity contribution in [3.63, 3.8) is 0 Å². The number of anilines is 1. The smallest absolute Gasteiger partial charge is 0.247 e. The summed E-state index contributed by atoms with van der Waals surface area (Å²) in [5, 5.41) is 11.8. The fraction of sp³-hybridized carbons (Fsp3) is 0.143. The molecule has 0 radical (unpaired) electrons. The average molecular weight is 388 g/mol. The van der Waals surface area contributed by atoms with Gasteiger partial charge in [-0.25, -0.2) is 4.68 Å². The largest absolute Gasteiger partial charge is 0.497 e. The topological polar surface area (TPSA) is 86.9 Å². The highest BCUT2D eigenvalue weighted by Gasteiger charge is 2.13. The summed E-state index contributed by atoms with van der Waals surface area (Å²) >= 11 is 0. The van der Waals surface area contributed by atoms with Gasteiger partial charge in [-0.3, -0.25) is 14.5 Å². The first-order chi connectivity index (χ1) is 14.1. The van der Waals surface area contributed by atoms with Gasteiger partial charge in [0.05, 0.1) is 24.2 Å². The Bertz CT molecular complexity index is 1120. The lowest BCUT2D eigenvalue weighted by molar-refractivity contribution is -0.116. The molecule has 3 aromatic heterocycles. The zero-order valence-corrected chi connectivity index (χ0v) is 16.1. The van der Waals surface area contributed by atoms with E-state index in [0.717, 1.165) is 28.5 Å². The van der Waals surface area contributed by atoms with Crippen molar-refractivity contribution in [1.29, 1.82) is 0 Å². The number of hydrogen-bond donors (Lipinski definition) is 1. The molecule has 1 amide bonds. The van der Waals surface area contributed by atoms with Crippen LogP contribution in [0.4, 0.5) is 5.82 Å². The monoisotopic (exact) mass is 388 g/mol. The third-order valence-electron chi connectivity index (χ3n) is 4.29. The van der Waals surface area contributed by atoms with Gasteiger partial charge in [-0.1, -0.05) is 6.07 Å². The van der Waals surface area contributed by atoms with E-state index in [9.17, 15) is 4.79 Å². The van der Waals surface area contributed by atoms with Crippen LogP contribution in [0.1, 0.15) is 5.69 Å². The predicted molar refractivity (Wildman–Crippen MR) is 109 cm³/mol. The summed E-state index contributed by atoms with van der Waals surface area (Å²) < 4.78 is 8.46. The van der Waals surface area contributed by atoms with E-state index < -0.39 is 0 Å². The first kappa shape index (κ1) is 18.4. The molecule has 1 N–H and O–H groups in total. The van der Waals surface area contributed by atoms with Gasteiger partial charge in [-0.15, -0.1) is 0 Å². The second-order valence-electron chi connectivity index (χ2n) is 6.44. The summed E-state index contributed by atoms with van der Waals surface area (Å²) in [6.07, 6.45) is 3.47. The van der Waals surface area contributed by atoms with Crippen LogP contribution in [-0.4, -0.2) is 37.6 Å². The van der Waals surface area contributed by atoms with Crippen LogP contribution in [0.3, 0.4) is 0 Å². The number of rotatable bonds is 6. The second kappa shape index (κ2) is 7.97. The zero-order chi connectivity index (χ0) is 20.2. The second-order valence-corrected chi connectivity index (χ2v) is 6.44. The van der Waals surface area contributed by atoms with Gasteiger partial charge in [0.25, 0.3) is 0 Å². The minimum absolute atomic E-state index is 0.0830. The fourth-order valence-electron chi connectivity index (χ4n) is 2.94. The maximum absolute atomic E-state index is 12.6. The minimum Gasteiger partial charge on any atom is -0.497 e. The molecule has 4 aromatic rings. The van der Waals surface area contributed by atoms with Crippen molar-refractivity contribution in [3.8, 4) is 22.8 Å². The predicted octanol–water partition coefficient (Wildman–Crippen LogP) is 3.09. The van der Waals surface area contributed by atoms with E-state index in [-0.39, 0.29) is 12.5 Å². The highest BCUT2D eigenvalue weighted by atomic mass is 16.5. The fourth-order valence-corrected chi connectivity index (χ4v) is 2.94. The summed E-state index contributed by atoms with van der Waals surface area (Å²) in [5.74, 6) is 1.15. The molecule has 29 heavy (non-hydrogen) atoms. The number of methoxy groups -OCH3 is 1. The summed E-state index contributed by atoms with van der Waals surface area (Å²) in [6.45, 7) is 1.96. The molecule has 8 heteroatoms. The maximum atomic E-state index is 12.6.